The fourth-order valence-corrected chi connectivity index (χ4v) is 2.56. The number of hydrogen-bond donors (Lipinski definition) is 2. The number of rotatable bonds is 8. The monoisotopic (exact) mass is 356 g/mol. The summed E-state index contributed by atoms with van der Waals surface area (Å²) in [7, 11) is 0. The highest BCUT2D eigenvalue weighted by atomic mass is 16.6. The third-order valence-electron chi connectivity index (χ3n) is 4.10. The van der Waals surface area contributed by atoms with E-state index >= 15 is 0 Å². The van der Waals surface area contributed by atoms with Crippen molar-refractivity contribution in [2.45, 2.75) is 32.9 Å². The van der Waals surface area contributed by atoms with Crippen molar-refractivity contribution < 1.29 is 19.6 Å². The Hall–Kier alpha value is -3.06. The normalized spacial score (nSPS) is 11.8. The number of carbonyl (C=O) groups is 2. The fraction of sp³-hybridized carbons (Fsp3) is 0.263. The van der Waals surface area contributed by atoms with Crippen LogP contribution in [0, 0.1) is 17.0 Å². The summed E-state index contributed by atoms with van der Waals surface area (Å²) in [5, 5.41) is 23.1. The van der Waals surface area contributed by atoms with E-state index < -0.39 is 16.9 Å². The van der Waals surface area contributed by atoms with Gasteiger partial charge in [-0.1, -0.05) is 36.8 Å². The zero-order valence-electron chi connectivity index (χ0n) is 14.6. The Morgan fingerprint density at radius 2 is 1.77 bits per heavy atom. The van der Waals surface area contributed by atoms with Gasteiger partial charge in [-0.05, 0) is 25.5 Å². The number of carboxylic acid groups (broad SMARTS) is 1. The van der Waals surface area contributed by atoms with Gasteiger partial charge in [-0.3, -0.25) is 19.7 Å². The van der Waals surface area contributed by atoms with Crippen LogP contribution in [0.1, 0.15) is 40.4 Å². The zero-order chi connectivity index (χ0) is 19.3. The molecule has 26 heavy (non-hydrogen) atoms. The van der Waals surface area contributed by atoms with Crippen molar-refractivity contribution in [1.29, 1.82) is 0 Å². The van der Waals surface area contributed by atoms with Crippen LogP contribution in [0.3, 0.4) is 0 Å². The summed E-state index contributed by atoms with van der Waals surface area (Å²) in [6.45, 7) is 3.60. The van der Waals surface area contributed by atoms with E-state index in [1.807, 2.05) is 19.1 Å². The molecule has 7 heteroatoms. The molecule has 2 aromatic carbocycles. The van der Waals surface area contributed by atoms with Gasteiger partial charge in [-0.25, -0.2) is 0 Å². The maximum atomic E-state index is 12.6. The van der Waals surface area contributed by atoms with Gasteiger partial charge in [-0.15, -0.1) is 0 Å². The molecule has 0 radical (unpaired) electrons. The molecule has 0 saturated heterocycles. The van der Waals surface area contributed by atoms with Crippen molar-refractivity contribution in [3.63, 3.8) is 0 Å². The van der Waals surface area contributed by atoms with Crippen LogP contribution in [0.4, 0.5) is 5.69 Å². The first kappa shape index (κ1) is 19.3. The van der Waals surface area contributed by atoms with Gasteiger partial charge in [0, 0.05) is 29.3 Å². The van der Waals surface area contributed by atoms with Gasteiger partial charge in [-0.2, -0.15) is 0 Å². The fourth-order valence-electron chi connectivity index (χ4n) is 2.56. The predicted octanol–water partition coefficient (Wildman–Crippen LogP) is 3.09. The first-order valence-corrected chi connectivity index (χ1v) is 8.18. The molecule has 2 aromatic rings. The minimum atomic E-state index is -1.03. The number of aliphatic carboxylic acids is 1. The number of aryl methyl sites for hydroxylation is 1. The number of ketones is 1. The lowest BCUT2D eigenvalue weighted by Crippen LogP contribution is -2.35. The quantitative estimate of drug-likeness (QED) is 0.427. The summed E-state index contributed by atoms with van der Waals surface area (Å²) in [4.78, 5) is 34.4. The molecule has 0 aromatic heterocycles. The molecular formula is C19H20N2O5. The predicted molar refractivity (Wildman–Crippen MR) is 96.3 cm³/mol. The second-order valence-corrected chi connectivity index (χ2v) is 5.98. The van der Waals surface area contributed by atoms with E-state index in [4.69, 9.17) is 5.11 Å². The number of nitro benzene ring substituents is 1. The van der Waals surface area contributed by atoms with Crippen LogP contribution in [0.15, 0.2) is 42.5 Å². The highest BCUT2D eigenvalue weighted by Crippen LogP contribution is 2.22. The summed E-state index contributed by atoms with van der Waals surface area (Å²) in [6, 6.07) is 10.4. The molecule has 0 amide bonds. The van der Waals surface area contributed by atoms with E-state index in [1.54, 1.807) is 19.1 Å². The van der Waals surface area contributed by atoms with Crippen molar-refractivity contribution in [3.8, 4) is 0 Å². The molecule has 0 aliphatic rings. The lowest BCUT2D eigenvalue weighted by Gasteiger charge is -2.13. The topological polar surface area (TPSA) is 110 Å². The van der Waals surface area contributed by atoms with Crippen molar-refractivity contribution in [1.82, 2.24) is 5.32 Å². The lowest BCUT2D eigenvalue weighted by atomic mass is 9.99. The first-order valence-electron chi connectivity index (χ1n) is 8.18. The molecule has 0 fully saturated rings. The minimum absolute atomic E-state index is 0.0177. The number of hydrogen-bond acceptors (Lipinski definition) is 5. The molecule has 2 N–H and O–H groups in total. The van der Waals surface area contributed by atoms with E-state index in [9.17, 15) is 19.7 Å². The maximum absolute atomic E-state index is 12.6. The van der Waals surface area contributed by atoms with E-state index in [-0.39, 0.29) is 23.6 Å². The number of carbonyl (C=O) groups excluding carboxylic acids is 1. The molecular weight excluding hydrogens is 336 g/mol. The van der Waals surface area contributed by atoms with Crippen LogP contribution in [0.2, 0.25) is 0 Å². The molecule has 0 saturated carbocycles. The van der Waals surface area contributed by atoms with E-state index in [0.717, 1.165) is 5.56 Å². The number of carboxylic acids is 1. The summed E-state index contributed by atoms with van der Waals surface area (Å²) < 4.78 is 0. The van der Waals surface area contributed by atoms with Gasteiger partial charge < -0.3 is 10.4 Å². The van der Waals surface area contributed by atoms with Gasteiger partial charge in [0.15, 0.2) is 5.78 Å². The third kappa shape index (κ3) is 4.52. The standard InChI is InChI=1S/C19H20N2O5/c1-3-16(19(23)24)20-11-15-10-14(8-9-17(15)21(25)26)18(22)13-6-4-12(2)5-7-13/h4-10,16,20H,3,11H2,1-2H3,(H,23,24). The largest absolute Gasteiger partial charge is 0.480 e. The van der Waals surface area contributed by atoms with Gasteiger partial charge in [0.1, 0.15) is 6.04 Å². The number of nitrogens with zero attached hydrogens (tertiary/aromatic N) is 1. The van der Waals surface area contributed by atoms with Crippen LogP contribution in [-0.2, 0) is 11.3 Å². The highest BCUT2D eigenvalue weighted by molar-refractivity contribution is 6.09. The van der Waals surface area contributed by atoms with Gasteiger partial charge in [0.2, 0.25) is 0 Å². The zero-order valence-corrected chi connectivity index (χ0v) is 14.6. The third-order valence-corrected chi connectivity index (χ3v) is 4.10. The van der Waals surface area contributed by atoms with Crippen LogP contribution in [-0.4, -0.2) is 27.8 Å². The molecule has 136 valence electrons. The number of nitro groups is 1. The average Bonchev–Trinajstić information content (AvgIpc) is 2.61. The maximum Gasteiger partial charge on any atom is 0.320 e. The molecule has 1 unspecified atom stereocenters. The molecule has 1 atom stereocenters. The van der Waals surface area contributed by atoms with Crippen molar-refractivity contribution >= 4 is 17.4 Å². The van der Waals surface area contributed by atoms with Crippen molar-refractivity contribution in [3.05, 3.63) is 74.8 Å². The second-order valence-electron chi connectivity index (χ2n) is 5.98. The van der Waals surface area contributed by atoms with Crippen molar-refractivity contribution in [2.24, 2.45) is 0 Å². The van der Waals surface area contributed by atoms with E-state index in [2.05, 4.69) is 5.32 Å². The van der Waals surface area contributed by atoms with Crippen LogP contribution < -0.4 is 5.32 Å². The summed E-state index contributed by atoms with van der Waals surface area (Å²) in [5.74, 6) is -1.27. The molecule has 0 spiro atoms. The lowest BCUT2D eigenvalue weighted by molar-refractivity contribution is -0.385. The minimum Gasteiger partial charge on any atom is -0.480 e. The Morgan fingerprint density at radius 1 is 1.15 bits per heavy atom. The molecule has 2 rings (SSSR count). The summed E-state index contributed by atoms with van der Waals surface area (Å²) in [6.07, 6.45) is 0.338. The van der Waals surface area contributed by atoms with Crippen molar-refractivity contribution in [2.75, 3.05) is 0 Å². The Labute approximate surface area is 150 Å². The summed E-state index contributed by atoms with van der Waals surface area (Å²) in [5.41, 5.74) is 1.94. The molecule has 0 aliphatic carbocycles. The highest BCUT2D eigenvalue weighted by Gasteiger charge is 2.20. The first-order chi connectivity index (χ1) is 12.3. The van der Waals surface area contributed by atoms with Crippen LogP contribution in [0.25, 0.3) is 0 Å². The summed E-state index contributed by atoms with van der Waals surface area (Å²) >= 11 is 0. The number of benzene rings is 2. The Balaban J connectivity index is 2.32. The SMILES string of the molecule is CCC(NCc1cc(C(=O)c2ccc(C)cc2)ccc1[N+](=O)[O-])C(=O)O. The van der Waals surface area contributed by atoms with Gasteiger partial charge in [0.25, 0.3) is 5.69 Å². The Morgan fingerprint density at radius 3 is 2.31 bits per heavy atom. The molecule has 0 aliphatic heterocycles. The molecule has 0 bridgehead atoms. The van der Waals surface area contributed by atoms with E-state index in [0.29, 0.717) is 17.5 Å². The molecule has 7 nitrogen and oxygen atoms in total. The van der Waals surface area contributed by atoms with Crippen LogP contribution >= 0.6 is 0 Å². The average molecular weight is 356 g/mol. The molecule has 0 heterocycles. The smallest absolute Gasteiger partial charge is 0.320 e. The van der Waals surface area contributed by atoms with E-state index in [1.165, 1.54) is 18.2 Å². The Kier molecular flexibility index (Phi) is 6.19. The van der Waals surface area contributed by atoms with Gasteiger partial charge in [0.05, 0.1) is 4.92 Å². The van der Waals surface area contributed by atoms with Crippen LogP contribution in [0.5, 0.6) is 0 Å². The second kappa shape index (κ2) is 8.35. The number of nitrogens with one attached hydrogen (secondary N) is 1. The van der Waals surface area contributed by atoms with Gasteiger partial charge >= 0.3 is 5.97 Å². The Bertz CT molecular complexity index is 830.